The molecule has 1 fully saturated rings. The minimum absolute atomic E-state index is 0.144. The average molecular weight is 305 g/mol. The Labute approximate surface area is 130 Å². The monoisotopic (exact) mass is 305 g/mol. The van der Waals surface area contributed by atoms with E-state index in [1.807, 2.05) is 35.2 Å². The molecule has 1 aromatic carbocycles. The lowest BCUT2D eigenvalue weighted by atomic mass is 9.93. The Morgan fingerprint density at radius 3 is 2.50 bits per heavy atom. The van der Waals surface area contributed by atoms with Crippen LogP contribution in [-0.2, 0) is 9.59 Å². The Morgan fingerprint density at radius 2 is 1.86 bits per heavy atom. The van der Waals surface area contributed by atoms with Gasteiger partial charge in [0.05, 0.1) is 6.61 Å². The van der Waals surface area contributed by atoms with Gasteiger partial charge >= 0.3 is 5.97 Å². The van der Waals surface area contributed by atoms with E-state index < -0.39 is 5.97 Å². The van der Waals surface area contributed by atoms with Crippen molar-refractivity contribution in [3.8, 4) is 5.75 Å². The van der Waals surface area contributed by atoms with Crippen LogP contribution in [0.25, 0.3) is 0 Å². The number of nitrogens with zero attached hydrogens (tertiary/aromatic N) is 1. The molecule has 1 amide bonds. The number of carbonyl (C=O) groups is 2. The largest absolute Gasteiger partial charge is 0.494 e. The molecule has 120 valence electrons. The molecule has 0 aliphatic carbocycles. The van der Waals surface area contributed by atoms with Crippen molar-refractivity contribution in [3.63, 3.8) is 0 Å². The van der Waals surface area contributed by atoms with Crippen molar-refractivity contribution in [2.45, 2.75) is 32.1 Å². The van der Waals surface area contributed by atoms with Gasteiger partial charge in [-0.25, -0.2) is 0 Å². The molecule has 1 aliphatic rings. The maximum atomic E-state index is 12.1. The van der Waals surface area contributed by atoms with Gasteiger partial charge in [-0.2, -0.15) is 0 Å². The summed E-state index contributed by atoms with van der Waals surface area (Å²) in [6, 6.07) is 9.57. The third-order valence-corrected chi connectivity index (χ3v) is 3.98. The Hall–Kier alpha value is -2.04. The molecule has 0 bridgehead atoms. The summed E-state index contributed by atoms with van der Waals surface area (Å²) in [5.41, 5.74) is 0. The second kappa shape index (κ2) is 8.41. The minimum Gasteiger partial charge on any atom is -0.494 e. The van der Waals surface area contributed by atoms with E-state index >= 15 is 0 Å². The van der Waals surface area contributed by atoms with Crippen LogP contribution in [0.2, 0.25) is 0 Å². The van der Waals surface area contributed by atoms with Crippen LogP contribution in [0.1, 0.15) is 32.1 Å². The van der Waals surface area contributed by atoms with Crippen molar-refractivity contribution in [2.24, 2.45) is 5.92 Å². The zero-order valence-electron chi connectivity index (χ0n) is 12.7. The first-order chi connectivity index (χ1) is 10.6. The van der Waals surface area contributed by atoms with E-state index in [4.69, 9.17) is 9.84 Å². The molecule has 0 radical (unpaired) electrons. The van der Waals surface area contributed by atoms with Crippen LogP contribution >= 0.6 is 0 Å². The number of benzene rings is 1. The predicted molar refractivity (Wildman–Crippen MR) is 82.7 cm³/mol. The van der Waals surface area contributed by atoms with Gasteiger partial charge in [0.15, 0.2) is 0 Å². The summed E-state index contributed by atoms with van der Waals surface area (Å²) in [7, 11) is 0. The van der Waals surface area contributed by atoms with Gasteiger partial charge in [0.2, 0.25) is 5.91 Å². The topological polar surface area (TPSA) is 66.8 Å². The molecule has 0 saturated carbocycles. The van der Waals surface area contributed by atoms with Gasteiger partial charge < -0.3 is 14.7 Å². The number of hydrogen-bond acceptors (Lipinski definition) is 3. The quantitative estimate of drug-likeness (QED) is 0.786. The average Bonchev–Trinajstić information content (AvgIpc) is 2.52. The molecule has 0 aromatic heterocycles. The number of carboxylic acid groups (broad SMARTS) is 1. The highest BCUT2D eigenvalue weighted by molar-refractivity contribution is 5.76. The van der Waals surface area contributed by atoms with Crippen molar-refractivity contribution in [1.29, 1.82) is 0 Å². The number of amides is 1. The highest BCUT2D eigenvalue weighted by Crippen LogP contribution is 2.21. The summed E-state index contributed by atoms with van der Waals surface area (Å²) in [5, 5.41) is 8.78. The minimum atomic E-state index is -0.747. The van der Waals surface area contributed by atoms with E-state index in [2.05, 4.69) is 0 Å². The predicted octanol–water partition coefficient (Wildman–Crippen LogP) is 2.56. The molecule has 5 nitrogen and oxygen atoms in total. The SMILES string of the molecule is O=C(O)CC1CCN(C(=O)CCCOc2ccccc2)CC1. The Kier molecular flexibility index (Phi) is 6.25. The normalized spacial score (nSPS) is 15.5. The van der Waals surface area contributed by atoms with Crippen LogP contribution < -0.4 is 4.74 Å². The molecule has 0 unspecified atom stereocenters. The lowest BCUT2D eigenvalue weighted by molar-refractivity contribution is -0.138. The first-order valence-electron chi connectivity index (χ1n) is 7.82. The summed E-state index contributed by atoms with van der Waals surface area (Å²) in [6.07, 6.45) is 2.98. The standard InChI is InChI=1S/C17H23NO4/c19-16(7-4-12-22-15-5-2-1-3-6-15)18-10-8-14(9-11-18)13-17(20)21/h1-3,5-6,14H,4,7-13H2,(H,20,21). The van der Waals surface area contributed by atoms with Crippen molar-refractivity contribution in [3.05, 3.63) is 30.3 Å². The zero-order chi connectivity index (χ0) is 15.8. The number of hydrogen-bond donors (Lipinski definition) is 1. The summed E-state index contributed by atoms with van der Waals surface area (Å²) in [6.45, 7) is 1.89. The lowest BCUT2D eigenvalue weighted by Crippen LogP contribution is -2.38. The van der Waals surface area contributed by atoms with Crippen LogP contribution in [0.3, 0.4) is 0 Å². The molecule has 1 N–H and O–H groups in total. The fourth-order valence-electron chi connectivity index (χ4n) is 2.72. The van der Waals surface area contributed by atoms with Gasteiger partial charge in [-0.3, -0.25) is 9.59 Å². The Morgan fingerprint density at radius 1 is 1.18 bits per heavy atom. The number of carboxylic acids is 1. The number of carbonyl (C=O) groups excluding carboxylic acids is 1. The van der Waals surface area contributed by atoms with E-state index in [1.165, 1.54) is 0 Å². The van der Waals surface area contributed by atoms with E-state index in [0.717, 1.165) is 18.6 Å². The molecule has 22 heavy (non-hydrogen) atoms. The summed E-state index contributed by atoms with van der Waals surface area (Å²) in [4.78, 5) is 24.6. The van der Waals surface area contributed by atoms with Crippen LogP contribution in [0.5, 0.6) is 5.75 Å². The molecule has 2 rings (SSSR count). The maximum Gasteiger partial charge on any atom is 0.303 e. The Balaban J connectivity index is 1.61. The summed E-state index contributed by atoms with van der Waals surface area (Å²) < 4.78 is 5.57. The number of para-hydroxylation sites is 1. The number of rotatable bonds is 7. The highest BCUT2D eigenvalue weighted by atomic mass is 16.5. The molecule has 1 aliphatic heterocycles. The van der Waals surface area contributed by atoms with Crippen LogP contribution in [0.15, 0.2) is 30.3 Å². The van der Waals surface area contributed by atoms with Gasteiger partial charge in [-0.1, -0.05) is 18.2 Å². The molecule has 0 atom stereocenters. The van der Waals surface area contributed by atoms with Gasteiger partial charge in [-0.15, -0.1) is 0 Å². The van der Waals surface area contributed by atoms with Gasteiger partial charge in [0.1, 0.15) is 5.75 Å². The summed E-state index contributed by atoms with van der Waals surface area (Å²) >= 11 is 0. The fraction of sp³-hybridized carbons (Fsp3) is 0.529. The molecule has 1 saturated heterocycles. The molecular weight excluding hydrogens is 282 g/mol. The van der Waals surface area contributed by atoms with Crippen molar-refractivity contribution in [1.82, 2.24) is 4.90 Å². The first-order valence-corrected chi connectivity index (χ1v) is 7.82. The number of aliphatic carboxylic acids is 1. The maximum absolute atomic E-state index is 12.1. The van der Waals surface area contributed by atoms with E-state index in [9.17, 15) is 9.59 Å². The first kappa shape index (κ1) is 16.3. The van der Waals surface area contributed by atoms with Gasteiger partial charge in [0, 0.05) is 25.9 Å². The zero-order valence-corrected chi connectivity index (χ0v) is 12.7. The van der Waals surface area contributed by atoms with Crippen molar-refractivity contribution >= 4 is 11.9 Å². The van der Waals surface area contributed by atoms with E-state index in [0.29, 0.717) is 32.5 Å². The number of likely N-dealkylation sites (tertiary alicyclic amines) is 1. The van der Waals surface area contributed by atoms with Crippen molar-refractivity contribution in [2.75, 3.05) is 19.7 Å². The second-order valence-corrected chi connectivity index (χ2v) is 5.69. The molecule has 0 spiro atoms. The van der Waals surface area contributed by atoms with Crippen molar-refractivity contribution < 1.29 is 19.4 Å². The molecular formula is C17H23NO4. The van der Waals surface area contributed by atoms with Gasteiger partial charge in [0.25, 0.3) is 0 Å². The molecule has 1 heterocycles. The Bertz CT molecular complexity index is 481. The van der Waals surface area contributed by atoms with Crippen LogP contribution in [-0.4, -0.2) is 41.6 Å². The highest BCUT2D eigenvalue weighted by Gasteiger charge is 2.23. The number of piperidine rings is 1. The van der Waals surface area contributed by atoms with Crippen LogP contribution in [0.4, 0.5) is 0 Å². The second-order valence-electron chi connectivity index (χ2n) is 5.69. The van der Waals surface area contributed by atoms with Crippen LogP contribution in [0, 0.1) is 5.92 Å². The van der Waals surface area contributed by atoms with E-state index in [1.54, 1.807) is 0 Å². The lowest BCUT2D eigenvalue weighted by Gasteiger charge is -2.31. The third kappa shape index (κ3) is 5.39. The van der Waals surface area contributed by atoms with Gasteiger partial charge in [-0.05, 0) is 37.3 Å². The van der Waals surface area contributed by atoms with E-state index in [-0.39, 0.29) is 18.2 Å². The smallest absolute Gasteiger partial charge is 0.303 e. The third-order valence-electron chi connectivity index (χ3n) is 3.98. The molecule has 1 aromatic rings. The fourth-order valence-corrected chi connectivity index (χ4v) is 2.72. The number of ether oxygens (including phenoxy) is 1. The molecule has 5 heteroatoms. The summed E-state index contributed by atoms with van der Waals surface area (Å²) in [5.74, 6) is 0.431.